The van der Waals surface area contributed by atoms with Crippen LogP contribution in [-0.4, -0.2) is 18.2 Å². The second-order valence-electron chi connectivity index (χ2n) is 5.43. The molecule has 2 atom stereocenters. The lowest BCUT2D eigenvalue weighted by molar-refractivity contribution is -0.123. The molecule has 0 bridgehead atoms. The van der Waals surface area contributed by atoms with E-state index in [9.17, 15) is 9.18 Å². The highest BCUT2D eigenvalue weighted by atomic mass is 32.2. The molecule has 0 spiro atoms. The van der Waals surface area contributed by atoms with E-state index in [1.807, 2.05) is 37.3 Å². The first kappa shape index (κ1) is 17.5. The molecule has 0 aromatic heterocycles. The average molecular weight is 332 g/mol. The minimum Gasteiger partial charge on any atom is -0.354 e. The van der Waals surface area contributed by atoms with E-state index in [0.717, 1.165) is 10.5 Å². The van der Waals surface area contributed by atoms with Gasteiger partial charge in [-0.15, -0.1) is 11.8 Å². The number of halogens is 1. The number of carbonyl (C=O) groups is 1. The van der Waals surface area contributed by atoms with Crippen LogP contribution in [-0.2, 0) is 4.79 Å². The number of benzene rings is 2. The maximum Gasteiger partial charge on any atom is 0.223 e. The topological polar surface area (TPSA) is 55.1 Å². The zero-order valence-corrected chi connectivity index (χ0v) is 13.9. The molecule has 122 valence electrons. The number of nitrogens with one attached hydrogen (secondary N) is 1. The number of hydrogen-bond donors (Lipinski definition) is 2. The summed E-state index contributed by atoms with van der Waals surface area (Å²) in [4.78, 5) is 13.1. The van der Waals surface area contributed by atoms with Crippen molar-refractivity contribution in [3.8, 4) is 0 Å². The molecular formula is C18H21FN2OS. The van der Waals surface area contributed by atoms with Gasteiger partial charge in [0.15, 0.2) is 0 Å². The molecule has 0 fully saturated rings. The van der Waals surface area contributed by atoms with Gasteiger partial charge in [-0.2, -0.15) is 0 Å². The van der Waals surface area contributed by atoms with Crippen LogP contribution in [0.4, 0.5) is 4.39 Å². The third-order valence-corrected chi connectivity index (χ3v) is 4.76. The summed E-state index contributed by atoms with van der Waals surface area (Å²) in [5.74, 6) is 0.215. The molecule has 2 rings (SSSR count). The molecular weight excluding hydrogens is 311 g/mol. The Hall–Kier alpha value is -1.85. The highest BCUT2D eigenvalue weighted by molar-refractivity contribution is 7.99. The molecule has 3 nitrogen and oxygen atoms in total. The Labute approximate surface area is 140 Å². The largest absolute Gasteiger partial charge is 0.354 e. The molecule has 0 radical (unpaired) electrons. The van der Waals surface area contributed by atoms with Crippen LogP contribution < -0.4 is 11.1 Å². The Morgan fingerprint density at radius 1 is 1.17 bits per heavy atom. The molecule has 0 saturated heterocycles. The van der Waals surface area contributed by atoms with E-state index in [0.29, 0.717) is 12.3 Å². The number of hydrogen-bond acceptors (Lipinski definition) is 3. The van der Waals surface area contributed by atoms with Gasteiger partial charge in [-0.3, -0.25) is 4.79 Å². The molecule has 2 aromatic carbocycles. The predicted octanol–water partition coefficient (Wildman–Crippen LogP) is 3.37. The van der Waals surface area contributed by atoms with Gasteiger partial charge in [0.2, 0.25) is 5.91 Å². The summed E-state index contributed by atoms with van der Waals surface area (Å²) in [6.45, 7) is 2.29. The van der Waals surface area contributed by atoms with Gasteiger partial charge < -0.3 is 11.1 Å². The van der Waals surface area contributed by atoms with E-state index < -0.39 is 0 Å². The molecule has 0 heterocycles. The van der Waals surface area contributed by atoms with Crippen LogP contribution in [0, 0.1) is 11.7 Å². The van der Waals surface area contributed by atoms with Gasteiger partial charge in [0, 0.05) is 29.2 Å². The molecule has 3 N–H and O–H groups in total. The lowest BCUT2D eigenvalue weighted by Crippen LogP contribution is -2.35. The van der Waals surface area contributed by atoms with Gasteiger partial charge in [0.25, 0.3) is 0 Å². The third-order valence-electron chi connectivity index (χ3n) is 3.49. The second-order valence-corrected chi connectivity index (χ2v) is 6.52. The van der Waals surface area contributed by atoms with E-state index in [2.05, 4.69) is 5.32 Å². The van der Waals surface area contributed by atoms with Crippen LogP contribution in [0.2, 0.25) is 0 Å². The van der Waals surface area contributed by atoms with Gasteiger partial charge in [0.1, 0.15) is 5.82 Å². The van der Waals surface area contributed by atoms with E-state index in [1.165, 1.54) is 23.9 Å². The summed E-state index contributed by atoms with van der Waals surface area (Å²) in [7, 11) is 0. The summed E-state index contributed by atoms with van der Waals surface area (Å²) in [6, 6.07) is 15.8. The van der Waals surface area contributed by atoms with Crippen LogP contribution in [0.25, 0.3) is 0 Å². The lowest BCUT2D eigenvalue weighted by Gasteiger charge is -2.16. The lowest BCUT2D eigenvalue weighted by atomic mass is 10.1. The van der Waals surface area contributed by atoms with E-state index >= 15 is 0 Å². The molecule has 2 aromatic rings. The minimum absolute atomic E-state index is 0.0222. The van der Waals surface area contributed by atoms with Crippen molar-refractivity contribution in [2.75, 3.05) is 12.3 Å². The fourth-order valence-corrected chi connectivity index (χ4v) is 2.95. The van der Waals surface area contributed by atoms with Crippen LogP contribution >= 0.6 is 11.8 Å². The summed E-state index contributed by atoms with van der Waals surface area (Å²) in [5, 5.41) is 2.89. The molecule has 0 saturated carbocycles. The Morgan fingerprint density at radius 3 is 2.48 bits per heavy atom. The molecule has 0 aliphatic rings. The fourth-order valence-electron chi connectivity index (χ4n) is 2.03. The van der Waals surface area contributed by atoms with Gasteiger partial charge in [-0.1, -0.05) is 37.3 Å². The zero-order chi connectivity index (χ0) is 16.7. The highest BCUT2D eigenvalue weighted by Crippen LogP contribution is 2.21. The molecule has 23 heavy (non-hydrogen) atoms. The zero-order valence-electron chi connectivity index (χ0n) is 13.0. The standard InChI is InChI=1S/C18H21FN2OS/c1-13(12-23-16-9-7-15(19)8-10-16)18(22)21-11-17(20)14-5-3-2-4-6-14/h2-10,13,17H,11-12,20H2,1H3,(H,21,22). The van der Waals surface area contributed by atoms with E-state index in [1.54, 1.807) is 12.1 Å². The minimum atomic E-state index is -0.255. The quantitative estimate of drug-likeness (QED) is 0.764. The van der Waals surface area contributed by atoms with E-state index in [4.69, 9.17) is 5.73 Å². The second kappa shape index (κ2) is 8.70. The van der Waals surface area contributed by atoms with Crippen molar-refractivity contribution in [3.05, 3.63) is 66.0 Å². The van der Waals surface area contributed by atoms with Gasteiger partial charge >= 0.3 is 0 Å². The van der Waals surface area contributed by atoms with Crippen LogP contribution in [0.3, 0.4) is 0 Å². The van der Waals surface area contributed by atoms with Crippen molar-refractivity contribution in [1.82, 2.24) is 5.32 Å². The number of carbonyl (C=O) groups excluding carboxylic acids is 1. The smallest absolute Gasteiger partial charge is 0.223 e. The Morgan fingerprint density at radius 2 is 1.83 bits per heavy atom. The fraction of sp³-hybridized carbons (Fsp3) is 0.278. The summed E-state index contributed by atoms with van der Waals surface area (Å²) in [6.07, 6.45) is 0. The average Bonchev–Trinajstić information content (AvgIpc) is 2.59. The van der Waals surface area contributed by atoms with Crippen LogP contribution in [0.5, 0.6) is 0 Å². The Kier molecular flexibility index (Phi) is 6.62. The summed E-state index contributed by atoms with van der Waals surface area (Å²) >= 11 is 1.54. The van der Waals surface area contributed by atoms with Crippen molar-refractivity contribution >= 4 is 17.7 Å². The van der Waals surface area contributed by atoms with Crippen molar-refractivity contribution in [2.24, 2.45) is 11.7 Å². The summed E-state index contributed by atoms with van der Waals surface area (Å²) < 4.78 is 12.8. The first-order valence-electron chi connectivity index (χ1n) is 7.53. The number of thioether (sulfide) groups is 1. The number of amides is 1. The predicted molar refractivity (Wildman–Crippen MR) is 92.7 cm³/mol. The van der Waals surface area contributed by atoms with Crippen molar-refractivity contribution in [3.63, 3.8) is 0 Å². The Balaban J connectivity index is 1.75. The van der Waals surface area contributed by atoms with Crippen molar-refractivity contribution < 1.29 is 9.18 Å². The van der Waals surface area contributed by atoms with E-state index in [-0.39, 0.29) is 23.7 Å². The molecule has 0 aliphatic carbocycles. The maximum absolute atomic E-state index is 12.8. The molecule has 0 aliphatic heterocycles. The first-order valence-corrected chi connectivity index (χ1v) is 8.51. The Bertz CT molecular complexity index is 619. The molecule has 2 unspecified atom stereocenters. The molecule has 1 amide bonds. The van der Waals surface area contributed by atoms with Crippen LogP contribution in [0.1, 0.15) is 18.5 Å². The number of rotatable bonds is 7. The molecule has 5 heteroatoms. The number of nitrogens with two attached hydrogens (primary N) is 1. The van der Waals surface area contributed by atoms with Crippen LogP contribution in [0.15, 0.2) is 59.5 Å². The first-order chi connectivity index (χ1) is 11.1. The van der Waals surface area contributed by atoms with Gasteiger partial charge in [0.05, 0.1) is 0 Å². The summed E-state index contributed by atoms with van der Waals surface area (Å²) in [5.41, 5.74) is 7.07. The highest BCUT2D eigenvalue weighted by Gasteiger charge is 2.14. The van der Waals surface area contributed by atoms with Gasteiger partial charge in [-0.05, 0) is 29.8 Å². The monoisotopic (exact) mass is 332 g/mol. The maximum atomic E-state index is 12.8. The SMILES string of the molecule is CC(CSc1ccc(F)cc1)C(=O)NCC(N)c1ccccc1. The third kappa shape index (κ3) is 5.69. The van der Waals surface area contributed by atoms with Crippen molar-refractivity contribution in [1.29, 1.82) is 0 Å². The normalized spacial score (nSPS) is 13.3. The van der Waals surface area contributed by atoms with Crippen molar-refractivity contribution in [2.45, 2.75) is 17.9 Å². The van der Waals surface area contributed by atoms with Gasteiger partial charge in [-0.25, -0.2) is 4.39 Å².